The van der Waals surface area contributed by atoms with E-state index in [0.29, 0.717) is 30.1 Å². The van der Waals surface area contributed by atoms with E-state index in [1.807, 2.05) is 13.8 Å². The molecule has 0 saturated carbocycles. The van der Waals surface area contributed by atoms with Crippen molar-refractivity contribution in [1.82, 2.24) is 9.62 Å². The maximum absolute atomic E-state index is 12.5. The molecule has 0 radical (unpaired) electrons. The third-order valence-electron chi connectivity index (χ3n) is 3.40. The Hall–Kier alpha value is -0.440. The Morgan fingerprint density at radius 1 is 1.38 bits per heavy atom. The van der Waals surface area contributed by atoms with Gasteiger partial charge in [0.2, 0.25) is 5.91 Å². The smallest absolute Gasteiger partial charge is 0.252 e. The largest absolute Gasteiger partial charge is 0.354 e. The van der Waals surface area contributed by atoms with E-state index >= 15 is 0 Å². The Labute approximate surface area is 137 Å². The quantitative estimate of drug-likeness (QED) is 0.852. The number of hydrogen-bond acceptors (Lipinski definition) is 4. The van der Waals surface area contributed by atoms with Crippen molar-refractivity contribution in [3.63, 3.8) is 0 Å². The first kappa shape index (κ1) is 16.9. The molecule has 8 heteroatoms. The molecule has 2 heterocycles. The van der Waals surface area contributed by atoms with Gasteiger partial charge >= 0.3 is 0 Å². The standard InChI is InChI=1S/C13H19BrN2O3S2/c1-9(2)15-13(17)10-5-7-16(8-6-10)21(18,19)12-4-3-11(14)20-12/h3-4,9-10H,5-8H2,1-2H3,(H,15,17). The Balaban J connectivity index is 1.99. The van der Waals surface area contributed by atoms with Gasteiger partial charge in [0.05, 0.1) is 3.79 Å². The Bertz CT molecular complexity index is 605. The summed E-state index contributed by atoms with van der Waals surface area (Å²) in [5.74, 6) is -0.0603. The van der Waals surface area contributed by atoms with E-state index in [-0.39, 0.29) is 17.9 Å². The summed E-state index contributed by atoms with van der Waals surface area (Å²) in [6.45, 7) is 4.64. The van der Waals surface area contributed by atoms with Gasteiger partial charge in [-0.3, -0.25) is 4.79 Å². The van der Waals surface area contributed by atoms with E-state index in [4.69, 9.17) is 0 Å². The monoisotopic (exact) mass is 394 g/mol. The van der Waals surface area contributed by atoms with Gasteiger partial charge in [0.25, 0.3) is 10.0 Å². The molecular weight excluding hydrogens is 376 g/mol. The number of nitrogens with one attached hydrogen (secondary N) is 1. The molecule has 5 nitrogen and oxygen atoms in total. The van der Waals surface area contributed by atoms with Gasteiger partial charge in [0.1, 0.15) is 4.21 Å². The number of rotatable bonds is 4. The van der Waals surface area contributed by atoms with Crippen LogP contribution in [0.3, 0.4) is 0 Å². The summed E-state index contributed by atoms with van der Waals surface area (Å²) in [6.07, 6.45) is 1.15. The number of amides is 1. The molecule has 1 amide bonds. The van der Waals surface area contributed by atoms with Gasteiger partial charge in [0, 0.05) is 25.0 Å². The SMILES string of the molecule is CC(C)NC(=O)C1CCN(S(=O)(=O)c2ccc(Br)s2)CC1. The summed E-state index contributed by atoms with van der Waals surface area (Å²) in [5, 5.41) is 2.89. The Morgan fingerprint density at radius 3 is 2.48 bits per heavy atom. The Kier molecular flexibility index (Phi) is 5.45. The third-order valence-corrected chi connectivity index (χ3v) is 7.39. The van der Waals surface area contributed by atoms with Crippen molar-refractivity contribution in [2.45, 2.75) is 36.9 Å². The molecule has 21 heavy (non-hydrogen) atoms. The number of carbonyl (C=O) groups is 1. The minimum Gasteiger partial charge on any atom is -0.354 e. The number of hydrogen-bond donors (Lipinski definition) is 1. The van der Waals surface area contributed by atoms with Gasteiger partial charge in [0.15, 0.2) is 0 Å². The number of carbonyl (C=O) groups excluding carboxylic acids is 1. The van der Waals surface area contributed by atoms with Crippen LogP contribution in [-0.2, 0) is 14.8 Å². The molecule has 1 aliphatic rings. The maximum Gasteiger partial charge on any atom is 0.252 e. The average molecular weight is 395 g/mol. The molecule has 1 aromatic heterocycles. The third kappa shape index (κ3) is 4.06. The zero-order valence-electron chi connectivity index (χ0n) is 12.0. The number of sulfonamides is 1. The lowest BCUT2D eigenvalue weighted by molar-refractivity contribution is -0.126. The van der Waals surface area contributed by atoms with Crippen LogP contribution in [0.15, 0.2) is 20.1 Å². The first-order valence-corrected chi connectivity index (χ1v) is 9.91. The van der Waals surface area contributed by atoms with Crippen LogP contribution in [0.2, 0.25) is 0 Å². The van der Waals surface area contributed by atoms with Crippen LogP contribution in [0.4, 0.5) is 0 Å². The lowest BCUT2D eigenvalue weighted by Gasteiger charge is -2.30. The fourth-order valence-corrected chi connectivity index (χ4v) is 5.96. The first-order chi connectivity index (χ1) is 9.80. The van der Waals surface area contributed by atoms with Gasteiger partial charge < -0.3 is 5.32 Å². The van der Waals surface area contributed by atoms with E-state index in [9.17, 15) is 13.2 Å². The topological polar surface area (TPSA) is 66.5 Å². The predicted molar refractivity (Wildman–Crippen MR) is 86.8 cm³/mol. The van der Waals surface area contributed by atoms with Crippen LogP contribution >= 0.6 is 27.3 Å². The predicted octanol–water partition coefficient (Wildman–Crippen LogP) is 2.44. The maximum atomic E-state index is 12.5. The van der Waals surface area contributed by atoms with Crippen molar-refractivity contribution in [2.24, 2.45) is 5.92 Å². The van der Waals surface area contributed by atoms with Crippen LogP contribution < -0.4 is 5.32 Å². The van der Waals surface area contributed by atoms with Crippen molar-refractivity contribution in [2.75, 3.05) is 13.1 Å². The number of thiophene rings is 1. The zero-order chi connectivity index (χ0) is 15.6. The molecule has 1 N–H and O–H groups in total. The van der Waals surface area contributed by atoms with Crippen LogP contribution in [0.1, 0.15) is 26.7 Å². The summed E-state index contributed by atoms with van der Waals surface area (Å²) in [7, 11) is -3.42. The molecule has 2 rings (SSSR count). The summed E-state index contributed by atoms with van der Waals surface area (Å²) in [6, 6.07) is 3.46. The normalized spacial score (nSPS) is 18.1. The second-order valence-corrected chi connectivity index (χ2v) is 10.0. The molecule has 0 aliphatic carbocycles. The lowest BCUT2D eigenvalue weighted by Crippen LogP contribution is -2.44. The fraction of sp³-hybridized carbons (Fsp3) is 0.615. The van der Waals surface area contributed by atoms with Crippen molar-refractivity contribution in [3.05, 3.63) is 15.9 Å². The second kappa shape index (κ2) is 6.76. The van der Waals surface area contributed by atoms with E-state index < -0.39 is 10.0 Å². The highest BCUT2D eigenvalue weighted by Crippen LogP contribution is 2.30. The molecule has 1 fully saturated rings. The van der Waals surface area contributed by atoms with Gasteiger partial charge in [-0.1, -0.05) is 0 Å². The van der Waals surface area contributed by atoms with Crippen LogP contribution in [-0.4, -0.2) is 37.8 Å². The summed E-state index contributed by atoms with van der Waals surface area (Å²) >= 11 is 4.49. The van der Waals surface area contributed by atoms with Gasteiger partial charge in [-0.2, -0.15) is 4.31 Å². The highest BCUT2D eigenvalue weighted by molar-refractivity contribution is 9.11. The van der Waals surface area contributed by atoms with Crippen LogP contribution in [0, 0.1) is 5.92 Å². The minimum absolute atomic E-state index is 0.0286. The molecule has 0 unspecified atom stereocenters. The summed E-state index contributed by atoms with van der Waals surface area (Å²) < 4.78 is 27.6. The zero-order valence-corrected chi connectivity index (χ0v) is 15.2. The molecule has 118 valence electrons. The van der Waals surface area contributed by atoms with Crippen molar-refractivity contribution in [3.8, 4) is 0 Å². The van der Waals surface area contributed by atoms with Gasteiger partial charge in [-0.15, -0.1) is 11.3 Å². The summed E-state index contributed by atoms with van der Waals surface area (Å²) in [4.78, 5) is 12.0. The molecule has 0 atom stereocenters. The second-order valence-electron chi connectivity index (χ2n) is 5.40. The van der Waals surface area contributed by atoms with Crippen molar-refractivity contribution in [1.29, 1.82) is 0 Å². The first-order valence-electron chi connectivity index (χ1n) is 6.86. The van der Waals surface area contributed by atoms with E-state index in [1.165, 1.54) is 15.6 Å². The molecule has 1 aromatic rings. The minimum atomic E-state index is -3.42. The molecule has 1 saturated heterocycles. The van der Waals surface area contributed by atoms with Crippen LogP contribution in [0.5, 0.6) is 0 Å². The fourth-order valence-electron chi connectivity index (χ4n) is 2.32. The molecule has 1 aliphatic heterocycles. The van der Waals surface area contributed by atoms with Crippen molar-refractivity contribution >= 4 is 43.2 Å². The number of piperidine rings is 1. The molecule has 0 bridgehead atoms. The lowest BCUT2D eigenvalue weighted by atomic mass is 9.97. The molecular formula is C13H19BrN2O3S2. The van der Waals surface area contributed by atoms with E-state index in [2.05, 4.69) is 21.2 Å². The highest BCUT2D eigenvalue weighted by Gasteiger charge is 2.32. The molecule has 0 spiro atoms. The number of halogens is 1. The van der Waals surface area contributed by atoms with E-state index in [1.54, 1.807) is 12.1 Å². The summed E-state index contributed by atoms with van der Waals surface area (Å²) in [5.41, 5.74) is 0. The molecule has 0 aromatic carbocycles. The van der Waals surface area contributed by atoms with Gasteiger partial charge in [-0.25, -0.2) is 8.42 Å². The van der Waals surface area contributed by atoms with E-state index in [0.717, 1.165) is 3.79 Å². The van der Waals surface area contributed by atoms with Crippen molar-refractivity contribution < 1.29 is 13.2 Å². The van der Waals surface area contributed by atoms with Gasteiger partial charge in [-0.05, 0) is 54.8 Å². The Morgan fingerprint density at radius 2 is 2.00 bits per heavy atom. The average Bonchev–Trinajstić information content (AvgIpc) is 2.85. The highest BCUT2D eigenvalue weighted by atomic mass is 79.9. The van der Waals surface area contributed by atoms with Crippen LogP contribution in [0.25, 0.3) is 0 Å². The number of nitrogens with zero attached hydrogens (tertiary/aromatic N) is 1.